The maximum atomic E-state index is 12.0. The molecule has 0 radical (unpaired) electrons. The summed E-state index contributed by atoms with van der Waals surface area (Å²) in [5, 5.41) is 53.3. The number of nitrogens with one attached hydrogen (secondary N) is 5. The maximum absolute atomic E-state index is 12.0. The fraction of sp³-hybridized carbons (Fsp3) is 0.212. The van der Waals surface area contributed by atoms with Crippen molar-refractivity contribution in [1.29, 1.82) is 0 Å². The molecule has 108 heavy (non-hydrogen) atoms. The van der Waals surface area contributed by atoms with Crippen LogP contribution in [-0.4, -0.2) is 77.0 Å². The molecule has 5 heterocycles. The Morgan fingerprint density at radius 3 is 1.25 bits per heavy atom. The van der Waals surface area contributed by atoms with Gasteiger partial charge in [-0.25, -0.2) is 15.0 Å². The number of carboxylic acids is 2. The summed E-state index contributed by atoms with van der Waals surface area (Å²) in [7, 11) is -1.65. The minimum Gasteiger partial charge on any atom is -0.565 e. The molecule has 2 aliphatic carbocycles. The van der Waals surface area contributed by atoms with Gasteiger partial charge in [0.25, 0.3) is 11.9 Å². The van der Waals surface area contributed by atoms with E-state index in [0.29, 0.717) is 42.1 Å². The summed E-state index contributed by atoms with van der Waals surface area (Å²) in [6.07, 6.45) is 7.70. The molecule has 10 N–H and O–H groups in total. The number of aromatic nitrogens is 4. The minimum atomic E-state index is -2.08. The molecule has 550 valence electrons. The van der Waals surface area contributed by atoms with Gasteiger partial charge in [0.05, 0.1) is 0 Å². The van der Waals surface area contributed by atoms with Crippen LogP contribution >= 0.6 is 27.4 Å². The first-order valence-corrected chi connectivity index (χ1v) is 36.8. The molecule has 0 unspecified atom stereocenters. The molecule has 2 aromatic heterocycles. The van der Waals surface area contributed by atoms with Crippen LogP contribution < -0.4 is 212 Å². The number of nitrogens with zero attached hydrogens (tertiary/aromatic N) is 4. The van der Waals surface area contributed by atoms with E-state index >= 15 is 0 Å². The second kappa shape index (κ2) is 43.8. The van der Waals surface area contributed by atoms with E-state index in [0.717, 1.165) is 102 Å². The number of ether oxygens (including phenoxy) is 1. The maximum Gasteiger partial charge on any atom is 1.00 e. The van der Waals surface area contributed by atoms with Crippen LogP contribution in [0.15, 0.2) is 207 Å². The summed E-state index contributed by atoms with van der Waals surface area (Å²) in [4.78, 5) is 88.2. The molecule has 22 nitrogen and oxygen atoms in total. The van der Waals surface area contributed by atoms with E-state index in [1.165, 1.54) is 43.0 Å². The molecule has 2 fully saturated rings. The number of amides is 4. The third kappa shape index (κ3) is 26.8. The SMILES string of the molecule is CC(=O)O.CC(=O)O.CC1(C)c2cccc(P(c3ccccc3)c3ccccc3)c2Oc2c(P(c3ccccc3)c3ccccc3)cccc21.Cc1cnc(Nc2ccc3c(c2)CCC(=O)N3)nc1Cl.Cc1cnc(Nc2ccc3c(c2)CCC(=O)N3)nc1NC(=O)C1CC1.NC(=O)C1CC1.O=C([O-])O.[Cs+].[Cs+].[Pd]. The molecule has 28 heteroatoms. The number of para-hydroxylation sites is 2. The van der Waals surface area contributed by atoms with Gasteiger partial charge in [0.1, 0.15) is 22.5 Å². The van der Waals surface area contributed by atoms with Gasteiger partial charge in [0.15, 0.2) is 0 Å². The second-order valence-electron chi connectivity index (χ2n) is 25.3. The van der Waals surface area contributed by atoms with Gasteiger partial charge in [-0.05, 0) is 137 Å². The Kier molecular flexibility index (Phi) is 36.6. The summed E-state index contributed by atoms with van der Waals surface area (Å²) in [6, 6.07) is 68.6. The molecule has 2 saturated carbocycles. The van der Waals surface area contributed by atoms with Gasteiger partial charge in [-0.3, -0.25) is 28.8 Å². The number of carbonyl (C=O) groups excluding carboxylic acids is 4. The summed E-state index contributed by atoms with van der Waals surface area (Å²) in [6.45, 7) is 10.6. The number of halogens is 1. The number of carboxylic acid groups (broad SMARTS) is 4. The number of carbonyl (C=O) groups is 7. The van der Waals surface area contributed by atoms with Crippen LogP contribution in [-0.2, 0) is 67.4 Å². The van der Waals surface area contributed by atoms with E-state index in [-0.39, 0.29) is 199 Å². The molecule has 3 aliphatic heterocycles. The summed E-state index contributed by atoms with van der Waals surface area (Å²) in [5.41, 5.74) is 14.4. The molecule has 10 aromatic rings. The molecule has 8 aromatic carbocycles. The number of anilines is 7. The Balaban J connectivity index is 0.000000236. The quantitative estimate of drug-likeness (QED) is 0.0341. The largest absolute Gasteiger partial charge is 1.00 e. The van der Waals surface area contributed by atoms with Gasteiger partial charge in [-0.2, -0.15) is 4.98 Å². The van der Waals surface area contributed by atoms with E-state index in [9.17, 15) is 19.2 Å². The monoisotopic (exact) mass is 1840 g/mol. The second-order valence-corrected chi connectivity index (χ2v) is 30.0. The van der Waals surface area contributed by atoms with Crippen LogP contribution in [0.25, 0.3) is 0 Å². The van der Waals surface area contributed by atoms with Gasteiger partial charge in [0, 0.05) is 132 Å². The Bertz CT molecular complexity index is 4520. The number of benzene rings is 8. The van der Waals surface area contributed by atoms with Crippen molar-refractivity contribution in [3.63, 3.8) is 0 Å². The zero-order valence-electron chi connectivity index (χ0n) is 60.9. The van der Waals surface area contributed by atoms with Crippen molar-refractivity contribution in [2.45, 2.75) is 98.3 Å². The summed E-state index contributed by atoms with van der Waals surface area (Å²) < 4.78 is 7.26. The van der Waals surface area contributed by atoms with Gasteiger partial charge in [-0.15, -0.1) is 0 Å². The fourth-order valence-corrected chi connectivity index (χ4v) is 16.2. The molecule has 0 saturated heterocycles. The normalized spacial score (nSPS) is 13.2. The molecular weight excluding hydrogens is 1760 g/mol. The van der Waals surface area contributed by atoms with Gasteiger partial charge >= 0.3 is 138 Å². The number of aliphatic carboxylic acids is 2. The first kappa shape index (κ1) is 90.2. The van der Waals surface area contributed by atoms with Crippen molar-refractivity contribution in [3.05, 3.63) is 245 Å². The first-order valence-electron chi connectivity index (χ1n) is 33.7. The van der Waals surface area contributed by atoms with Gasteiger partial charge < -0.3 is 62.3 Å². The topological polar surface area (TPSA) is 350 Å². The average Bonchev–Trinajstić information content (AvgIpc) is 0.844. The molecule has 15 rings (SSSR count). The van der Waals surface area contributed by atoms with Gasteiger partial charge in [-0.1, -0.05) is 183 Å². The third-order valence-corrected chi connectivity index (χ3v) is 22.0. The number of primary amides is 1. The zero-order chi connectivity index (χ0) is 75.3. The Hall–Kier alpha value is -6.67. The first-order chi connectivity index (χ1) is 50.3. The Morgan fingerprint density at radius 1 is 0.546 bits per heavy atom. The molecule has 4 amide bonds. The van der Waals surface area contributed by atoms with Crippen molar-refractivity contribution in [2.75, 3.05) is 26.6 Å². The predicted molar refractivity (Wildman–Crippen MR) is 412 cm³/mol. The van der Waals surface area contributed by atoms with Crippen LogP contribution in [0, 0.1) is 25.7 Å². The third-order valence-electron chi connectivity index (χ3n) is 16.6. The van der Waals surface area contributed by atoms with Crippen molar-refractivity contribution < 1.29 is 217 Å². The Morgan fingerprint density at radius 2 is 0.907 bits per heavy atom. The van der Waals surface area contributed by atoms with E-state index in [1.807, 2.05) is 50.2 Å². The molecule has 5 aliphatic rings. The summed E-state index contributed by atoms with van der Waals surface area (Å²) >= 11 is 5.97. The van der Waals surface area contributed by atoms with Crippen molar-refractivity contribution in [1.82, 2.24) is 19.9 Å². The fourth-order valence-electron chi connectivity index (χ4n) is 11.2. The smallest absolute Gasteiger partial charge is 0.565 e. The molecular formula is C80H80ClCs2N10O12P2Pd+. The molecule has 0 atom stereocenters. The number of hydrogen-bond acceptors (Lipinski definition) is 15. The number of nitrogens with two attached hydrogens (primary N) is 1. The summed E-state index contributed by atoms with van der Waals surface area (Å²) in [5.74, 6) is 2.16. The van der Waals surface area contributed by atoms with Crippen LogP contribution in [0.1, 0.15) is 99.6 Å². The van der Waals surface area contributed by atoms with Crippen molar-refractivity contribution in [2.24, 2.45) is 17.6 Å². The number of aryl methyl sites for hydroxylation is 4. The van der Waals surface area contributed by atoms with Crippen LogP contribution in [0.4, 0.5) is 45.3 Å². The predicted octanol–water partition coefficient (Wildman–Crippen LogP) is 6.42. The zero-order valence-corrected chi connectivity index (χ0v) is 77.6. The number of fused-ring (bicyclic) bond motifs is 4. The van der Waals surface area contributed by atoms with E-state index in [1.54, 1.807) is 12.4 Å². The van der Waals surface area contributed by atoms with E-state index < -0.39 is 33.9 Å². The van der Waals surface area contributed by atoms with Crippen molar-refractivity contribution >= 4 is 141 Å². The van der Waals surface area contributed by atoms with Crippen molar-refractivity contribution in [3.8, 4) is 11.5 Å². The van der Waals surface area contributed by atoms with E-state index in [2.05, 4.69) is 218 Å². The minimum absolute atomic E-state index is 0. The molecule has 0 bridgehead atoms. The van der Waals surface area contributed by atoms with Crippen LogP contribution in [0.3, 0.4) is 0 Å². The van der Waals surface area contributed by atoms with E-state index in [4.69, 9.17) is 56.9 Å². The standard InChI is InChI=1S/C39H32OP2.C18H19N5O2.C14H13ClN4O.C4H7NO.2C2H4O2.CH2O3.2Cs.Pd/c1-39(2)33-25-15-27-35(41(29-17-7-3-8-18-29)30-19-9-4-10-20-30)37(33)40-38-34(39)26-16-28-36(38)42(31-21-11-5-12-22-31)32-23-13-6-14-24-32;1-10-9-19-18(23-16(10)22-17(25)11-2-3-11)20-13-5-6-14-12(8-13)4-7-15(24)21-14;1-8-7-16-14(19-13(8)15)17-10-3-4-11-9(6-10)2-5-12(20)18-11;5-4(6)3-1-2-3;2*1-2(3)4;2-1(3)4;;;/h3-28H,1-2H3;5-6,8-9,11H,2-4,7H2,1H3,(H,21,24)(H2,19,20,22,23,25);3-4,6-7H,2,5H2,1H3,(H,18,20)(H,16,17,19);3H,1-2H2,(H2,5,6);2*1H3,(H,3,4);(H2,2,3,4);;;/q;;;;;;;2*+1;/p-1. The van der Waals surface area contributed by atoms with Crippen LogP contribution in [0.5, 0.6) is 11.5 Å². The molecule has 0 spiro atoms. The average molecular weight is 1840 g/mol. The van der Waals surface area contributed by atoms with Gasteiger partial charge in [0.2, 0.25) is 41.7 Å². The van der Waals surface area contributed by atoms with Crippen LogP contribution in [0.2, 0.25) is 5.15 Å². The Labute approximate surface area is 766 Å². The number of rotatable bonds is 13. The number of hydrogen-bond donors (Lipinski definition) is 9.